The molecule has 1 aromatic rings. The van der Waals surface area contributed by atoms with Gasteiger partial charge in [0, 0.05) is 5.92 Å². The first-order valence-electron chi connectivity index (χ1n) is 5.65. The van der Waals surface area contributed by atoms with E-state index in [0.717, 1.165) is 18.1 Å². The van der Waals surface area contributed by atoms with Crippen LogP contribution in [0.4, 0.5) is 0 Å². The molecule has 2 rings (SSSR count). The molecule has 1 aliphatic carbocycles. The van der Waals surface area contributed by atoms with Gasteiger partial charge >= 0.3 is 0 Å². The molecule has 0 aliphatic heterocycles. The van der Waals surface area contributed by atoms with Crippen LogP contribution in [0.3, 0.4) is 0 Å². The van der Waals surface area contributed by atoms with Gasteiger partial charge in [0.1, 0.15) is 0 Å². The van der Waals surface area contributed by atoms with E-state index in [1.54, 1.807) is 0 Å². The van der Waals surface area contributed by atoms with Crippen molar-refractivity contribution in [3.05, 3.63) is 11.7 Å². The highest BCUT2D eigenvalue weighted by Crippen LogP contribution is 2.59. The molecule has 0 unspecified atom stereocenters. The molecule has 1 fully saturated rings. The molecule has 1 aliphatic rings. The van der Waals surface area contributed by atoms with Crippen LogP contribution in [0.2, 0.25) is 0 Å². The lowest BCUT2D eigenvalue weighted by atomic mass is 9.67. The van der Waals surface area contributed by atoms with E-state index >= 15 is 0 Å². The van der Waals surface area contributed by atoms with Gasteiger partial charge in [-0.2, -0.15) is 4.98 Å². The summed E-state index contributed by atoms with van der Waals surface area (Å²) in [5.74, 6) is 1.97. The molecule has 0 aromatic carbocycles. The molecule has 3 heteroatoms. The van der Waals surface area contributed by atoms with Crippen molar-refractivity contribution >= 4 is 0 Å². The average molecular weight is 208 g/mol. The van der Waals surface area contributed by atoms with E-state index in [9.17, 15) is 0 Å². The highest BCUT2D eigenvalue weighted by molar-refractivity contribution is 5.09. The van der Waals surface area contributed by atoms with Gasteiger partial charge in [0.25, 0.3) is 0 Å². The Bertz CT molecular complexity index is 365. The van der Waals surface area contributed by atoms with E-state index in [4.69, 9.17) is 4.52 Å². The van der Waals surface area contributed by atoms with Gasteiger partial charge in [-0.3, -0.25) is 0 Å². The fraction of sp³-hybridized carbons (Fsp3) is 0.833. The molecule has 84 valence electrons. The summed E-state index contributed by atoms with van der Waals surface area (Å²) < 4.78 is 5.32. The van der Waals surface area contributed by atoms with Crippen molar-refractivity contribution < 1.29 is 4.52 Å². The fourth-order valence-electron chi connectivity index (χ4n) is 2.55. The summed E-state index contributed by atoms with van der Waals surface area (Å²) in [6, 6.07) is 0. The molecule has 1 saturated carbocycles. The first-order valence-corrected chi connectivity index (χ1v) is 5.65. The molecule has 0 spiro atoms. The normalized spacial score (nSPS) is 28.2. The van der Waals surface area contributed by atoms with Crippen molar-refractivity contribution in [2.24, 2.45) is 10.8 Å². The predicted molar refractivity (Wildman–Crippen MR) is 58.6 cm³/mol. The molecule has 1 heterocycles. The summed E-state index contributed by atoms with van der Waals surface area (Å²) in [6.45, 7) is 11.2. The Morgan fingerprint density at radius 1 is 1.27 bits per heavy atom. The smallest absolute Gasteiger partial charge is 0.230 e. The largest absolute Gasteiger partial charge is 0.339 e. The molecule has 1 aromatic heterocycles. The van der Waals surface area contributed by atoms with E-state index in [1.165, 1.54) is 6.42 Å². The van der Waals surface area contributed by atoms with Gasteiger partial charge in [0.05, 0.1) is 0 Å². The topological polar surface area (TPSA) is 38.9 Å². The number of aryl methyl sites for hydroxylation is 1. The fourth-order valence-corrected chi connectivity index (χ4v) is 2.55. The Balaban J connectivity index is 2.33. The lowest BCUT2D eigenvalue weighted by Gasteiger charge is -2.37. The summed E-state index contributed by atoms with van der Waals surface area (Å²) in [6.07, 6.45) is 2.38. The van der Waals surface area contributed by atoms with Crippen LogP contribution < -0.4 is 0 Å². The predicted octanol–water partition coefficient (Wildman–Crippen LogP) is 3.31. The third-order valence-electron chi connectivity index (χ3n) is 4.51. The molecular formula is C12H20N2O. The van der Waals surface area contributed by atoms with Gasteiger partial charge in [-0.05, 0) is 30.6 Å². The first-order chi connectivity index (χ1) is 6.84. The standard InChI is InChI=1S/C12H20N2O/c1-8-13-10(15-14-8)9-6-7-11(2,3)12(9,4)5/h9H,6-7H2,1-5H3/t9-/m1/s1. The number of hydrogen-bond donors (Lipinski definition) is 0. The van der Waals surface area contributed by atoms with Crippen molar-refractivity contribution in [1.82, 2.24) is 10.1 Å². The second-order valence-electron chi connectivity index (χ2n) is 5.88. The number of nitrogens with zero attached hydrogens (tertiary/aromatic N) is 2. The summed E-state index contributed by atoms with van der Waals surface area (Å²) >= 11 is 0. The Kier molecular flexibility index (Phi) is 2.18. The molecule has 0 bridgehead atoms. The minimum Gasteiger partial charge on any atom is -0.339 e. The molecular weight excluding hydrogens is 188 g/mol. The van der Waals surface area contributed by atoms with Crippen LogP contribution in [-0.4, -0.2) is 10.1 Å². The number of rotatable bonds is 1. The lowest BCUT2D eigenvalue weighted by molar-refractivity contribution is 0.124. The summed E-state index contributed by atoms with van der Waals surface area (Å²) in [5.41, 5.74) is 0.575. The molecule has 0 amide bonds. The van der Waals surface area contributed by atoms with E-state index < -0.39 is 0 Å². The van der Waals surface area contributed by atoms with Crippen molar-refractivity contribution in [3.8, 4) is 0 Å². The Morgan fingerprint density at radius 3 is 2.33 bits per heavy atom. The van der Waals surface area contributed by atoms with E-state index in [1.807, 2.05) is 6.92 Å². The van der Waals surface area contributed by atoms with Crippen LogP contribution in [-0.2, 0) is 0 Å². The minimum absolute atomic E-state index is 0.228. The quantitative estimate of drug-likeness (QED) is 0.710. The van der Waals surface area contributed by atoms with Gasteiger partial charge in [0.2, 0.25) is 5.89 Å². The van der Waals surface area contributed by atoms with E-state index in [2.05, 4.69) is 37.8 Å². The molecule has 3 nitrogen and oxygen atoms in total. The van der Waals surface area contributed by atoms with Gasteiger partial charge in [-0.15, -0.1) is 0 Å². The second kappa shape index (κ2) is 3.06. The molecule has 0 saturated heterocycles. The Labute approximate surface area is 91.3 Å². The van der Waals surface area contributed by atoms with Crippen LogP contribution in [0.1, 0.15) is 58.2 Å². The number of hydrogen-bond acceptors (Lipinski definition) is 3. The molecule has 0 N–H and O–H groups in total. The van der Waals surface area contributed by atoms with Crippen molar-refractivity contribution in [3.63, 3.8) is 0 Å². The number of aromatic nitrogens is 2. The highest BCUT2D eigenvalue weighted by Gasteiger charge is 2.51. The summed E-state index contributed by atoms with van der Waals surface area (Å²) in [4.78, 5) is 4.38. The molecule has 0 radical (unpaired) electrons. The van der Waals surface area contributed by atoms with Crippen LogP contribution in [0.15, 0.2) is 4.52 Å². The van der Waals surface area contributed by atoms with Crippen LogP contribution in [0, 0.1) is 17.8 Å². The maximum Gasteiger partial charge on any atom is 0.230 e. The van der Waals surface area contributed by atoms with Gasteiger partial charge in [-0.1, -0.05) is 32.9 Å². The zero-order valence-electron chi connectivity index (χ0n) is 10.3. The van der Waals surface area contributed by atoms with E-state index in [-0.39, 0.29) is 5.41 Å². The Morgan fingerprint density at radius 2 is 1.93 bits per heavy atom. The summed E-state index contributed by atoms with van der Waals surface area (Å²) in [5, 5.41) is 3.89. The maximum atomic E-state index is 5.32. The third kappa shape index (κ3) is 1.48. The minimum atomic E-state index is 0.228. The third-order valence-corrected chi connectivity index (χ3v) is 4.51. The van der Waals surface area contributed by atoms with Gasteiger partial charge < -0.3 is 4.52 Å². The van der Waals surface area contributed by atoms with Crippen molar-refractivity contribution in [2.75, 3.05) is 0 Å². The van der Waals surface area contributed by atoms with Gasteiger partial charge in [0.15, 0.2) is 5.82 Å². The molecule has 1 atom stereocenters. The van der Waals surface area contributed by atoms with Crippen molar-refractivity contribution in [2.45, 2.75) is 53.4 Å². The van der Waals surface area contributed by atoms with Crippen molar-refractivity contribution in [1.29, 1.82) is 0 Å². The van der Waals surface area contributed by atoms with Crippen LogP contribution in [0.5, 0.6) is 0 Å². The van der Waals surface area contributed by atoms with Gasteiger partial charge in [-0.25, -0.2) is 0 Å². The monoisotopic (exact) mass is 208 g/mol. The lowest BCUT2D eigenvalue weighted by Crippen LogP contribution is -2.30. The summed E-state index contributed by atoms with van der Waals surface area (Å²) in [7, 11) is 0. The zero-order valence-corrected chi connectivity index (χ0v) is 10.3. The van der Waals surface area contributed by atoms with Crippen LogP contribution in [0.25, 0.3) is 0 Å². The van der Waals surface area contributed by atoms with Crippen LogP contribution >= 0.6 is 0 Å². The second-order valence-corrected chi connectivity index (χ2v) is 5.88. The molecule has 15 heavy (non-hydrogen) atoms. The van der Waals surface area contributed by atoms with E-state index in [0.29, 0.717) is 11.3 Å². The zero-order chi connectivity index (χ0) is 11.3. The maximum absolute atomic E-state index is 5.32. The highest BCUT2D eigenvalue weighted by atomic mass is 16.5. The Hall–Kier alpha value is -0.860. The average Bonchev–Trinajstić information content (AvgIpc) is 2.58. The first kappa shape index (κ1) is 10.7. The SMILES string of the molecule is Cc1noc([C@H]2CCC(C)(C)C2(C)C)n1.